The van der Waals surface area contributed by atoms with Crippen LogP contribution in [0.5, 0.6) is 0 Å². The van der Waals surface area contributed by atoms with Gasteiger partial charge in [0.25, 0.3) is 5.91 Å². The topological polar surface area (TPSA) is 72.7 Å². The Morgan fingerprint density at radius 1 is 1.42 bits per heavy atom. The van der Waals surface area contributed by atoms with Crippen molar-refractivity contribution in [3.8, 4) is 0 Å². The van der Waals surface area contributed by atoms with E-state index >= 15 is 0 Å². The monoisotopic (exact) mass is 345 g/mol. The van der Waals surface area contributed by atoms with Gasteiger partial charge in [0.2, 0.25) is 0 Å². The average Bonchev–Trinajstić information content (AvgIpc) is 3.19. The van der Waals surface area contributed by atoms with E-state index in [9.17, 15) is 9.18 Å². The van der Waals surface area contributed by atoms with Crippen molar-refractivity contribution in [1.29, 1.82) is 0 Å². The molecule has 0 aliphatic heterocycles. The van der Waals surface area contributed by atoms with E-state index < -0.39 is 0 Å². The predicted octanol–water partition coefficient (Wildman–Crippen LogP) is 2.72. The zero-order valence-electron chi connectivity index (χ0n) is 13.2. The standard InChI is InChI=1S/C16H16FN5OS/c1-10(15-9-24-11(2)19-15)18-16(23)14-8-22(21-20-14)7-12-5-3-4-6-13(12)17/h3-6,8-10H,7H2,1-2H3,(H,18,23)/t10-/m0/s1. The maximum Gasteiger partial charge on any atom is 0.273 e. The molecule has 0 unspecified atom stereocenters. The molecular weight excluding hydrogens is 329 g/mol. The molecule has 1 atom stereocenters. The number of carbonyl (C=O) groups is 1. The van der Waals surface area contributed by atoms with Crippen molar-refractivity contribution in [1.82, 2.24) is 25.3 Å². The molecule has 8 heteroatoms. The van der Waals surface area contributed by atoms with E-state index in [1.54, 1.807) is 18.2 Å². The number of nitrogens with one attached hydrogen (secondary N) is 1. The minimum atomic E-state index is -0.340. The first-order valence-corrected chi connectivity index (χ1v) is 8.27. The Hall–Kier alpha value is -2.61. The molecule has 0 saturated heterocycles. The molecule has 0 bridgehead atoms. The van der Waals surface area contributed by atoms with Crippen molar-refractivity contribution >= 4 is 17.2 Å². The number of aryl methyl sites for hydroxylation is 1. The van der Waals surface area contributed by atoms with E-state index in [0.717, 1.165) is 10.7 Å². The van der Waals surface area contributed by atoms with Gasteiger partial charge < -0.3 is 5.32 Å². The number of benzene rings is 1. The van der Waals surface area contributed by atoms with Crippen LogP contribution < -0.4 is 5.32 Å². The van der Waals surface area contributed by atoms with Crippen LogP contribution >= 0.6 is 11.3 Å². The largest absolute Gasteiger partial charge is 0.342 e. The molecule has 0 spiro atoms. The number of carbonyl (C=O) groups excluding carboxylic acids is 1. The summed E-state index contributed by atoms with van der Waals surface area (Å²) in [4.78, 5) is 16.6. The summed E-state index contributed by atoms with van der Waals surface area (Å²) in [5.74, 6) is -0.653. The number of amides is 1. The quantitative estimate of drug-likeness (QED) is 0.772. The molecular formula is C16H16FN5OS. The van der Waals surface area contributed by atoms with Gasteiger partial charge >= 0.3 is 0 Å². The van der Waals surface area contributed by atoms with Crippen molar-refractivity contribution in [2.24, 2.45) is 0 Å². The Morgan fingerprint density at radius 2 is 2.21 bits per heavy atom. The molecule has 0 aliphatic carbocycles. The molecule has 0 radical (unpaired) electrons. The number of thiazole rings is 1. The molecule has 2 aromatic heterocycles. The summed E-state index contributed by atoms with van der Waals surface area (Å²) in [6, 6.07) is 6.21. The number of hydrogen-bond acceptors (Lipinski definition) is 5. The van der Waals surface area contributed by atoms with Gasteiger partial charge in [0.1, 0.15) is 5.82 Å². The summed E-state index contributed by atoms with van der Waals surface area (Å²) < 4.78 is 15.1. The SMILES string of the molecule is Cc1nc([C@H](C)NC(=O)c2cn(Cc3ccccc3F)nn2)cs1. The van der Waals surface area contributed by atoms with Gasteiger partial charge in [-0.25, -0.2) is 14.1 Å². The van der Waals surface area contributed by atoms with Crippen LogP contribution in [0.15, 0.2) is 35.8 Å². The second-order valence-corrected chi connectivity index (χ2v) is 6.44. The van der Waals surface area contributed by atoms with Crippen LogP contribution in [0.1, 0.15) is 39.7 Å². The van der Waals surface area contributed by atoms with Crippen molar-refractivity contribution in [3.63, 3.8) is 0 Å². The van der Waals surface area contributed by atoms with E-state index in [2.05, 4.69) is 20.6 Å². The highest BCUT2D eigenvalue weighted by Crippen LogP contribution is 2.16. The van der Waals surface area contributed by atoms with Gasteiger partial charge in [0.05, 0.1) is 29.5 Å². The predicted molar refractivity (Wildman–Crippen MR) is 88.3 cm³/mol. The third-order valence-corrected chi connectivity index (χ3v) is 4.28. The molecule has 6 nitrogen and oxygen atoms in total. The van der Waals surface area contributed by atoms with Crippen molar-refractivity contribution in [3.05, 3.63) is 63.6 Å². The van der Waals surface area contributed by atoms with Crippen LogP contribution in [0.25, 0.3) is 0 Å². The lowest BCUT2D eigenvalue weighted by atomic mass is 10.2. The summed E-state index contributed by atoms with van der Waals surface area (Å²) in [6.07, 6.45) is 1.50. The molecule has 1 aromatic carbocycles. The van der Waals surface area contributed by atoms with Crippen molar-refractivity contribution < 1.29 is 9.18 Å². The van der Waals surface area contributed by atoms with Gasteiger partial charge in [-0.1, -0.05) is 23.4 Å². The van der Waals surface area contributed by atoms with Crippen LogP contribution in [0.4, 0.5) is 4.39 Å². The molecule has 0 fully saturated rings. The smallest absolute Gasteiger partial charge is 0.273 e. The van der Waals surface area contributed by atoms with E-state index in [1.165, 1.54) is 28.3 Å². The minimum Gasteiger partial charge on any atom is -0.342 e. The normalized spacial score (nSPS) is 12.1. The van der Waals surface area contributed by atoms with Crippen LogP contribution in [-0.2, 0) is 6.54 Å². The lowest BCUT2D eigenvalue weighted by molar-refractivity contribution is 0.0934. The molecule has 24 heavy (non-hydrogen) atoms. The Bertz CT molecular complexity index is 860. The number of rotatable bonds is 5. The van der Waals surface area contributed by atoms with Gasteiger partial charge in [0, 0.05) is 10.9 Å². The Labute approximate surface area is 142 Å². The van der Waals surface area contributed by atoms with Gasteiger partial charge in [-0.05, 0) is 19.9 Å². The second-order valence-electron chi connectivity index (χ2n) is 5.38. The van der Waals surface area contributed by atoms with Crippen LogP contribution in [-0.4, -0.2) is 25.9 Å². The van der Waals surface area contributed by atoms with Crippen molar-refractivity contribution in [2.45, 2.75) is 26.4 Å². The second kappa shape index (κ2) is 6.88. The molecule has 0 saturated carbocycles. The van der Waals surface area contributed by atoms with Gasteiger partial charge in [-0.3, -0.25) is 4.79 Å². The van der Waals surface area contributed by atoms with Crippen LogP contribution in [0.2, 0.25) is 0 Å². The fourth-order valence-corrected chi connectivity index (χ4v) is 2.91. The highest BCUT2D eigenvalue weighted by molar-refractivity contribution is 7.09. The molecule has 2 heterocycles. The first kappa shape index (κ1) is 16.3. The summed E-state index contributed by atoms with van der Waals surface area (Å²) in [5, 5.41) is 13.4. The van der Waals surface area contributed by atoms with Gasteiger partial charge in [-0.2, -0.15) is 0 Å². The Balaban J connectivity index is 1.66. The molecule has 1 amide bonds. The zero-order chi connectivity index (χ0) is 17.1. The molecule has 1 N–H and O–H groups in total. The lowest BCUT2D eigenvalue weighted by Crippen LogP contribution is -2.27. The summed E-state index contributed by atoms with van der Waals surface area (Å²) in [7, 11) is 0. The van der Waals surface area contributed by atoms with E-state index in [-0.39, 0.29) is 30.0 Å². The highest BCUT2D eigenvalue weighted by Gasteiger charge is 2.16. The third kappa shape index (κ3) is 3.65. The lowest BCUT2D eigenvalue weighted by Gasteiger charge is -2.09. The average molecular weight is 345 g/mol. The van der Waals surface area contributed by atoms with Crippen molar-refractivity contribution in [2.75, 3.05) is 0 Å². The van der Waals surface area contributed by atoms with Gasteiger partial charge in [-0.15, -0.1) is 16.4 Å². The Kier molecular flexibility index (Phi) is 4.66. The van der Waals surface area contributed by atoms with E-state index in [0.29, 0.717) is 5.56 Å². The number of halogens is 1. The van der Waals surface area contributed by atoms with Crippen LogP contribution in [0, 0.1) is 12.7 Å². The molecule has 3 rings (SSSR count). The third-order valence-electron chi connectivity index (χ3n) is 3.49. The first-order chi connectivity index (χ1) is 11.5. The minimum absolute atomic E-state index is 0.185. The molecule has 3 aromatic rings. The summed E-state index contributed by atoms with van der Waals surface area (Å²) >= 11 is 1.53. The maximum absolute atomic E-state index is 13.7. The van der Waals surface area contributed by atoms with E-state index in [1.807, 2.05) is 19.2 Å². The molecule has 0 aliphatic rings. The van der Waals surface area contributed by atoms with E-state index in [4.69, 9.17) is 0 Å². The summed E-state index contributed by atoms with van der Waals surface area (Å²) in [6.45, 7) is 3.99. The fourth-order valence-electron chi connectivity index (χ4n) is 2.20. The number of hydrogen-bond donors (Lipinski definition) is 1. The summed E-state index contributed by atoms with van der Waals surface area (Å²) in [5.41, 5.74) is 1.48. The zero-order valence-corrected chi connectivity index (χ0v) is 14.0. The fraction of sp³-hybridized carbons (Fsp3) is 0.250. The number of aromatic nitrogens is 4. The van der Waals surface area contributed by atoms with Gasteiger partial charge in [0.15, 0.2) is 5.69 Å². The Morgan fingerprint density at radius 3 is 2.92 bits per heavy atom. The highest BCUT2D eigenvalue weighted by atomic mass is 32.1. The molecule has 124 valence electrons. The first-order valence-electron chi connectivity index (χ1n) is 7.39. The maximum atomic E-state index is 13.7. The number of nitrogens with zero attached hydrogens (tertiary/aromatic N) is 4. The van der Waals surface area contributed by atoms with Crippen LogP contribution in [0.3, 0.4) is 0 Å².